The first-order chi connectivity index (χ1) is 13.8. The summed E-state index contributed by atoms with van der Waals surface area (Å²) in [5.74, 6) is -0.155. The summed E-state index contributed by atoms with van der Waals surface area (Å²) in [7, 11) is 0. The highest BCUT2D eigenvalue weighted by atomic mass is 16.5. The smallest absolute Gasteiger partial charge is 0.340 e. The highest BCUT2D eigenvalue weighted by molar-refractivity contribution is 6.03. The van der Waals surface area contributed by atoms with Gasteiger partial charge in [-0.2, -0.15) is 0 Å². The van der Waals surface area contributed by atoms with Crippen molar-refractivity contribution in [1.29, 1.82) is 0 Å². The van der Waals surface area contributed by atoms with E-state index in [0.29, 0.717) is 29.1 Å². The molecule has 1 atom stereocenters. The van der Waals surface area contributed by atoms with Gasteiger partial charge in [-0.05, 0) is 57.5 Å². The lowest BCUT2D eigenvalue weighted by Crippen LogP contribution is -2.51. The summed E-state index contributed by atoms with van der Waals surface area (Å²) in [6, 6.07) is 6.89. The number of carbonyl (C=O) groups is 2. The van der Waals surface area contributed by atoms with Gasteiger partial charge in [-0.15, -0.1) is 0 Å². The number of phenolic OH excluding ortho intramolecular Hbond substituents is 1. The molecule has 0 saturated carbocycles. The molecule has 7 nitrogen and oxygen atoms in total. The highest BCUT2D eigenvalue weighted by Gasteiger charge is 2.30. The number of nitrogens with zero attached hydrogens (tertiary/aromatic N) is 2. The van der Waals surface area contributed by atoms with Crippen molar-refractivity contribution >= 4 is 17.4 Å². The maximum absolute atomic E-state index is 13.1. The topological polar surface area (TPSA) is 85.9 Å². The number of piperazine rings is 1. The summed E-state index contributed by atoms with van der Waals surface area (Å²) >= 11 is 0. The predicted molar refractivity (Wildman–Crippen MR) is 112 cm³/mol. The van der Waals surface area contributed by atoms with Gasteiger partial charge in [0.1, 0.15) is 5.75 Å². The van der Waals surface area contributed by atoms with Crippen LogP contribution in [0.3, 0.4) is 0 Å². The minimum Gasteiger partial charge on any atom is -0.508 e. The molecule has 2 N–H and O–H groups in total. The second-order valence-electron chi connectivity index (χ2n) is 7.43. The molecule has 1 aromatic heterocycles. The Kier molecular flexibility index (Phi) is 6.27. The lowest BCUT2D eigenvalue weighted by molar-refractivity contribution is 0.0525. The van der Waals surface area contributed by atoms with Crippen molar-refractivity contribution < 1.29 is 19.4 Å². The van der Waals surface area contributed by atoms with Gasteiger partial charge in [0.05, 0.1) is 23.9 Å². The molecule has 3 rings (SSSR count). The summed E-state index contributed by atoms with van der Waals surface area (Å²) in [6.07, 6.45) is 0. The van der Waals surface area contributed by atoms with E-state index in [0.717, 1.165) is 31.9 Å². The van der Waals surface area contributed by atoms with Gasteiger partial charge in [0.15, 0.2) is 5.78 Å². The molecule has 1 saturated heterocycles. The van der Waals surface area contributed by atoms with Crippen molar-refractivity contribution in [2.24, 2.45) is 0 Å². The Morgan fingerprint density at radius 2 is 1.76 bits per heavy atom. The number of aromatic hydroxyl groups is 1. The largest absolute Gasteiger partial charge is 0.508 e. The van der Waals surface area contributed by atoms with E-state index in [1.807, 2.05) is 19.1 Å². The number of ether oxygens (including phenoxy) is 1. The average molecular weight is 399 g/mol. The van der Waals surface area contributed by atoms with E-state index in [9.17, 15) is 14.7 Å². The van der Waals surface area contributed by atoms with Gasteiger partial charge in [-0.3, -0.25) is 9.69 Å². The first-order valence-electron chi connectivity index (χ1n) is 10.0. The Morgan fingerprint density at radius 3 is 2.34 bits per heavy atom. The fraction of sp³-hybridized carbons (Fsp3) is 0.455. The molecule has 1 aliphatic rings. The number of H-pyrrole nitrogens is 1. The van der Waals surface area contributed by atoms with Crippen LogP contribution in [0.1, 0.15) is 46.0 Å². The van der Waals surface area contributed by atoms with Gasteiger partial charge in [0.25, 0.3) is 0 Å². The molecule has 1 aromatic carbocycles. The summed E-state index contributed by atoms with van der Waals surface area (Å²) < 4.78 is 5.12. The van der Waals surface area contributed by atoms with Crippen LogP contribution in [0.2, 0.25) is 0 Å². The van der Waals surface area contributed by atoms with Crippen molar-refractivity contribution in [3.05, 3.63) is 46.8 Å². The second kappa shape index (κ2) is 8.69. The number of aryl methyl sites for hydroxylation is 1. The Bertz CT molecular complexity index is 880. The first-order valence-corrected chi connectivity index (χ1v) is 10.0. The van der Waals surface area contributed by atoms with Crippen molar-refractivity contribution in [1.82, 2.24) is 9.88 Å². The molecular weight excluding hydrogens is 370 g/mol. The van der Waals surface area contributed by atoms with Crippen LogP contribution in [0.25, 0.3) is 0 Å². The first kappa shape index (κ1) is 20.9. The van der Waals surface area contributed by atoms with E-state index >= 15 is 0 Å². The summed E-state index contributed by atoms with van der Waals surface area (Å²) in [4.78, 5) is 32.8. The lowest BCUT2D eigenvalue weighted by Gasteiger charge is -2.38. The Labute approximate surface area is 171 Å². The maximum atomic E-state index is 13.1. The molecule has 2 heterocycles. The van der Waals surface area contributed by atoms with Crippen molar-refractivity contribution in [2.75, 3.05) is 37.7 Å². The number of aromatic nitrogens is 1. The number of Topliss-reactive ketones (excluding diaryl/α,β-unsaturated/α-hetero) is 1. The van der Waals surface area contributed by atoms with Crippen molar-refractivity contribution in [2.45, 2.75) is 33.7 Å². The number of benzene rings is 1. The normalized spacial score (nSPS) is 15.9. The lowest BCUT2D eigenvalue weighted by atomic mass is 10.0. The predicted octanol–water partition coefficient (Wildman–Crippen LogP) is 2.91. The summed E-state index contributed by atoms with van der Waals surface area (Å²) in [6.45, 7) is 10.7. The Hall–Kier alpha value is -2.80. The third-order valence-corrected chi connectivity index (χ3v) is 5.62. The molecule has 2 aromatic rings. The van der Waals surface area contributed by atoms with Gasteiger partial charge in [0, 0.05) is 37.6 Å². The quantitative estimate of drug-likeness (QED) is 0.574. The van der Waals surface area contributed by atoms with Gasteiger partial charge in [-0.1, -0.05) is 0 Å². The number of anilines is 1. The highest BCUT2D eigenvalue weighted by Crippen LogP contribution is 2.23. The number of phenols is 1. The van der Waals surface area contributed by atoms with Crippen LogP contribution in [0, 0.1) is 13.8 Å². The van der Waals surface area contributed by atoms with E-state index < -0.39 is 5.97 Å². The minimum atomic E-state index is -0.395. The number of aromatic amines is 1. The third kappa shape index (κ3) is 4.29. The van der Waals surface area contributed by atoms with Crippen LogP contribution in [-0.2, 0) is 4.74 Å². The zero-order valence-electron chi connectivity index (χ0n) is 17.5. The minimum absolute atomic E-state index is 0.0146. The van der Waals surface area contributed by atoms with Crippen LogP contribution in [0.5, 0.6) is 5.75 Å². The Morgan fingerprint density at radius 1 is 1.14 bits per heavy atom. The van der Waals surface area contributed by atoms with Gasteiger partial charge >= 0.3 is 5.97 Å². The number of ketones is 1. The number of hydrogen-bond acceptors (Lipinski definition) is 6. The van der Waals surface area contributed by atoms with Crippen molar-refractivity contribution in [3.63, 3.8) is 0 Å². The molecule has 0 bridgehead atoms. The second-order valence-corrected chi connectivity index (χ2v) is 7.43. The molecule has 0 aliphatic carbocycles. The zero-order valence-corrected chi connectivity index (χ0v) is 17.5. The van der Waals surface area contributed by atoms with Crippen LogP contribution in [-0.4, -0.2) is 65.6 Å². The molecule has 0 unspecified atom stereocenters. The average Bonchev–Trinajstić information content (AvgIpc) is 3.02. The fourth-order valence-electron chi connectivity index (χ4n) is 3.91. The molecule has 7 heteroatoms. The van der Waals surface area contributed by atoms with E-state index in [-0.39, 0.29) is 17.6 Å². The summed E-state index contributed by atoms with van der Waals surface area (Å²) in [5, 5.41) is 9.45. The molecular formula is C22H29N3O4. The van der Waals surface area contributed by atoms with Crippen LogP contribution in [0.15, 0.2) is 24.3 Å². The van der Waals surface area contributed by atoms with Crippen LogP contribution in [0.4, 0.5) is 5.69 Å². The number of nitrogens with one attached hydrogen (secondary N) is 1. The standard InChI is InChI=1S/C22H29N3O4/c1-5-29-22(28)19-14(2)20(23-15(19)3)21(27)16(4)24-10-12-25(13-11-24)17-6-8-18(26)9-7-17/h6-9,16,23,26H,5,10-13H2,1-4H3/t16-/m0/s1. The van der Waals surface area contributed by atoms with Gasteiger partial charge in [-0.25, -0.2) is 4.79 Å². The summed E-state index contributed by atoms with van der Waals surface area (Å²) in [5.41, 5.74) is 3.32. The SMILES string of the molecule is CCOC(=O)c1c(C)[nH]c(C(=O)[C@H](C)N2CCN(c3ccc(O)cc3)CC2)c1C. The monoisotopic (exact) mass is 399 g/mol. The third-order valence-electron chi connectivity index (χ3n) is 5.62. The number of hydrogen-bond donors (Lipinski definition) is 2. The van der Waals surface area contributed by atoms with E-state index in [2.05, 4.69) is 14.8 Å². The Balaban J connectivity index is 1.68. The molecule has 0 amide bonds. The van der Waals surface area contributed by atoms with Crippen LogP contribution >= 0.6 is 0 Å². The molecule has 1 fully saturated rings. The van der Waals surface area contributed by atoms with Gasteiger partial charge in [0.2, 0.25) is 0 Å². The number of rotatable bonds is 6. The van der Waals surface area contributed by atoms with E-state index in [1.54, 1.807) is 32.9 Å². The molecule has 0 spiro atoms. The van der Waals surface area contributed by atoms with E-state index in [1.165, 1.54) is 0 Å². The van der Waals surface area contributed by atoms with Crippen molar-refractivity contribution in [3.8, 4) is 5.75 Å². The van der Waals surface area contributed by atoms with Crippen LogP contribution < -0.4 is 4.90 Å². The van der Waals surface area contributed by atoms with Gasteiger partial charge < -0.3 is 19.7 Å². The fourth-order valence-corrected chi connectivity index (χ4v) is 3.91. The molecule has 29 heavy (non-hydrogen) atoms. The maximum Gasteiger partial charge on any atom is 0.340 e. The number of carbonyl (C=O) groups excluding carboxylic acids is 2. The molecule has 1 aliphatic heterocycles. The molecule has 0 radical (unpaired) electrons. The molecule has 156 valence electrons. The van der Waals surface area contributed by atoms with E-state index in [4.69, 9.17) is 4.74 Å². The zero-order chi connectivity index (χ0) is 21.1. The number of esters is 1.